The second-order valence-electron chi connectivity index (χ2n) is 2.79. The van der Waals surface area contributed by atoms with Gasteiger partial charge in [0.25, 0.3) is 0 Å². The van der Waals surface area contributed by atoms with E-state index >= 15 is 0 Å². The molecule has 0 fully saturated rings. The standard InChI is InChI=1S/C7H14N4O/c1-3-8-5(2)4-6-9-7(12)11-10-6/h5,8H,3-4H2,1-2H3,(H2,9,10,11,12). The molecule has 5 heteroatoms. The first-order chi connectivity index (χ1) is 5.72. The summed E-state index contributed by atoms with van der Waals surface area (Å²) in [5.41, 5.74) is -0.242. The lowest BCUT2D eigenvalue weighted by Crippen LogP contribution is -2.28. The molecule has 0 aromatic carbocycles. The fraction of sp³-hybridized carbons (Fsp3) is 0.714. The zero-order valence-electron chi connectivity index (χ0n) is 7.35. The number of nitrogens with zero attached hydrogens (tertiary/aromatic N) is 1. The van der Waals surface area contributed by atoms with Gasteiger partial charge in [-0.05, 0) is 13.5 Å². The van der Waals surface area contributed by atoms with Crippen LogP contribution in [0.4, 0.5) is 0 Å². The van der Waals surface area contributed by atoms with Gasteiger partial charge in [0.1, 0.15) is 5.82 Å². The van der Waals surface area contributed by atoms with E-state index in [1.54, 1.807) is 0 Å². The van der Waals surface area contributed by atoms with Crippen LogP contribution in [0.15, 0.2) is 4.79 Å². The van der Waals surface area contributed by atoms with Crippen LogP contribution in [0.2, 0.25) is 0 Å². The third kappa shape index (κ3) is 2.50. The number of likely N-dealkylation sites (N-methyl/N-ethyl adjacent to an activating group) is 1. The Kier molecular flexibility index (Phi) is 3.04. The van der Waals surface area contributed by atoms with Gasteiger partial charge in [-0.25, -0.2) is 9.89 Å². The molecule has 0 saturated heterocycles. The molecule has 12 heavy (non-hydrogen) atoms. The molecule has 0 aliphatic carbocycles. The van der Waals surface area contributed by atoms with Crippen molar-refractivity contribution in [2.45, 2.75) is 26.3 Å². The molecule has 1 aromatic rings. The van der Waals surface area contributed by atoms with Gasteiger partial charge in [0.2, 0.25) is 0 Å². The molecule has 1 aromatic heterocycles. The fourth-order valence-electron chi connectivity index (χ4n) is 1.11. The zero-order chi connectivity index (χ0) is 8.97. The fourth-order valence-corrected chi connectivity index (χ4v) is 1.11. The summed E-state index contributed by atoms with van der Waals surface area (Å²) in [4.78, 5) is 13.2. The van der Waals surface area contributed by atoms with E-state index in [2.05, 4.69) is 27.4 Å². The zero-order valence-corrected chi connectivity index (χ0v) is 7.35. The van der Waals surface area contributed by atoms with Crippen LogP contribution in [0, 0.1) is 0 Å². The van der Waals surface area contributed by atoms with Gasteiger partial charge in [0, 0.05) is 12.5 Å². The van der Waals surface area contributed by atoms with Gasteiger partial charge in [0.05, 0.1) is 0 Å². The Morgan fingerprint density at radius 3 is 2.92 bits per heavy atom. The minimum absolute atomic E-state index is 0.242. The van der Waals surface area contributed by atoms with Crippen LogP contribution in [0.5, 0.6) is 0 Å². The monoisotopic (exact) mass is 170 g/mol. The van der Waals surface area contributed by atoms with E-state index in [4.69, 9.17) is 0 Å². The molecule has 0 bridgehead atoms. The van der Waals surface area contributed by atoms with Crippen molar-refractivity contribution in [3.05, 3.63) is 16.3 Å². The molecule has 0 saturated carbocycles. The van der Waals surface area contributed by atoms with Gasteiger partial charge in [-0.1, -0.05) is 6.92 Å². The van der Waals surface area contributed by atoms with Crippen molar-refractivity contribution in [2.75, 3.05) is 6.54 Å². The molecule has 0 spiro atoms. The molecule has 0 amide bonds. The van der Waals surface area contributed by atoms with Crippen LogP contribution < -0.4 is 11.0 Å². The Hall–Kier alpha value is -1.10. The molecule has 1 heterocycles. The van der Waals surface area contributed by atoms with E-state index in [9.17, 15) is 4.79 Å². The number of aromatic nitrogens is 3. The third-order valence-corrected chi connectivity index (χ3v) is 1.60. The van der Waals surface area contributed by atoms with Crippen molar-refractivity contribution < 1.29 is 0 Å². The van der Waals surface area contributed by atoms with E-state index in [0.717, 1.165) is 13.0 Å². The van der Waals surface area contributed by atoms with Crippen LogP contribution in [0.3, 0.4) is 0 Å². The van der Waals surface area contributed by atoms with Crippen molar-refractivity contribution in [1.82, 2.24) is 20.5 Å². The number of aromatic amines is 2. The Labute approximate surface area is 70.6 Å². The molecule has 1 rings (SSSR count). The van der Waals surface area contributed by atoms with Crippen LogP contribution in [-0.4, -0.2) is 27.8 Å². The maximum atomic E-state index is 10.6. The average molecular weight is 170 g/mol. The van der Waals surface area contributed by atoms with Crippen molar-refractivity contribution in [3.63, 3.8) is 0 Å². The highest BCUT2D eigenvalue weighted by Crippen LogP contribution is 1.91. The Morgan fingerprint density at radius 2 is 2.42 bits per heavy atom. The number of nitrogens with one attached hydrogen (secondary N) is 3. The van der Waals surface area contributed by atoms with Crippen LogP contribution in [0.25, 0.3) is 0 Å². The molecule has 0 aliphatic rings. The summed E-state index contributed by atoms with van der Waals surface area (Å²) in [5.74, 6) is 0.702. The largest absolute Gasteiger partial charge is 0.340 e. The number of hydrogen-bond acceptors (Lipinski definition) is 3. The first-order valence-corrected chi connectivity index (χ1v) is 4.09. The molecule has 68 valence electrons. The molecule has 0 aliphatic heterocycles. The van der Waals surface area contributed by atoms with Crippen LogP contribution in [0.1, 0.15) is 19.7 Å². The highest BCUT2D eigenvalue weighted by atomic mass is 16.1. The molecular formula is C7H14N4O. The third-order valence-electron chi connectivity index (χ3n) is 1.60. The topological polar surface area (TPSA) is 73.6 Å². The Bertz CT molecular complexity index is 277. The number of H-pyrrole nitrogens is 2. The van der Waals surface area contributed by atoms with Crippen LogP contribution >= 0.6 is 0 Å². The summed E-state index contributed by atoms with van der Waals surface area (Å²) >= 11 is 0. The molecule has 1 atom stereocenters. The van der Waals surface area contributed by atoms with Crippen molar-refractivity contribution in [1.29, 1.82) is 0 Å². The lowest BCUT2D eigenvalue weighted by molar-refractivity contribution is 0.553. The van der Waals surface area contributed by atoms with E-state index in [-0.39, 0.29) is 5.69 Å². The van der Waals surface area contributed by atoms with Crippen molar-refractivity contribution in [3.8, 4) is 0 Å². The van der Waals surface area contributed by atoms with E-state index < -0.39 is 0 Å². The maximum absolute atomic E-state index is 10.6. The molecule has 3 N–H and O–H groups in total. The SMILES string of the molecule is CCNC(C)Cc1n[nH]c(=O)[nH]1. The van der Waals surface area contributed by atoms with Gasteiger partial charge in [0.15, 0.2) is 0 Å². The predicted molar refractivity (Wildman–Crippen MR) is 46.1 cm³/mol. The second-order valence-corrected chi connectivity index (χ2v) is 2.79. The summed E-state index contributed by atoms with van der Waals surface area (Å²) in [6.07, 6.45) is 0.743. The summed E-state index contributed by atoms with van der Waals surface area (Å²) in [5, 5.41) is 9.36. The summed E-state index contributed by atoms with van der Waals surface area (Å²) in [7, 11) is 0. The van der Waals surface area contributed by atoms with E-state index in [0.29, 0.717) is 11.9 Å². The average Bonchev–Trinajstić information content (AvgIpc) is 2.36. The highest BCUT2D eigenvalue weighted by molar-refractivity contribution is 4.84. The van der Waals surface area contributed by atoms with Gasteiger partial charge >= 0.3 is 5.69 Å². The number of rotatable bonds is 4. The molecular weight excluding hydrogens is 156 g/mol. The second kappa shape index (κ2) is 4.06. The molecule has 1 unspecified atom stereocenters. The minimum Gasteiger partial charge on any atom is -0.314 e. The van der Waals surface area contributed by atoms with E-state index in [1.165, 1.54) is 0 Å². The normalized spacial score (nSPS) is 13.2. The first kappa shape index (κ1) is 8.99. The predicted octanol–water partition coefficient (Wildman–Crippen LogP) is -0.361. The summed E-state index contributed by atoms with van der Waals surface area (Å²) < 4.78 is 0. The van der Waals surface area contributed by atoms with Crippen LogP contribution in [-0.2, 0) is 6.42 Å². The first-order valence-electron chi connectivity index (χ1n) is 4.09. The summed E-state index contributed by atoms with van der Waals surface area (Å²) in [6, 6.07) is 0.342. The van der Waals surface area contributed by atoms with Crippen molar-refractivity contribution >= 4 is 0 Å². The smallest absolute Gasteiger partial charge is 0.314 e. The van der Waals surface area contributed by atoms with Gasteiger partial charge < -0.3 is 5.32 Å². The highest BCUT2D eigenvalue weighted by Gasteiger charge is 2.03. The minimum atomic E-state index is -0.242. The van der Waals surface area contributed by atoms with Gasteiger partial charge in [-0.15, -0.1) is 0 Å². The molecule has 5 nitrogen and oxygen atoms in total. The van der Waals surface area contributed by atoms with Gasteiger partial charge in [-0.2, -0.15) is 5.10 Å². The quantitative estimate of drug-likeness (QED) is 0.577. The Morgan fingerprint density at radius 1 is 1.67 bits per heavy atom. The number of hydrogen-bond donors (Lipinski definition) is 3. The Balaban J connectivity index is 2.46. The van der Waals surface area contributed by atoms with E-state index in [1.807, 2.05) is 6.92 Å². The maximum Gasteiger partial charge on any atom is 0.340 e. The van der Waals surface area contributed by atoms with Gasteiger partial charge in [-0.3, -0.25) is 4.98 Å². The van der Waals surface area contributed by atoms with Crippen molar-refractivity contribution in [2.24, 2.45) is 0 Å². The lowest BCUT2D eigenvalue weighted by atomic mass is 10.2. The lowest BCUT2D eigenvalue weighted by Gasteiger charge is -2.08. The molecule has 0 radical (unpaired) electrons. The summed E-state index contributed by atoms with van der Waals surface area (Å²) in [6.45, 7) is 5.02.